The minimum absolute atomic E-state index is 0.169. The van der Waals surface area contributed by atoms with Crippen LogP contribution in [0.15, 0.2) is 36.4 Å². The minimum Gasteiger partial charge on any atom is -0.510 e. The van der Waals surface area contributed by atoms with Gasteiger partial charge in [0.25, 0.3) is 5.91 Å². The molecule has 1 atom stereocenters. The number of nitrogens with zero attached hydrogens (tertiary/aromatic N) is 4. The lowest BCUT2D eigenvalue weighted by Crippen LogP contribution is -2.37. The summed E-state index contributed by atoms with van der Waals surface area (Å²) in [5, 5.41) is 33.4. The van der Waals surface area contributed by atoms with E-state index in [2.05, 4.69) is 15.4 Å². The topological polar surface area (TPSA) is 124 Å². The maximum atomic E-state index is 13.0. The number of benzene rings is 1. The molecule has 1 aromatic carbocycles. The van der Waals surface area contributed by atoms with E-state index in [1.807, 2.05) is 0 Å². The first-order valence-corrected chi connectivity index (χ1v) is 7.61. The number of nitrogens with one attached hydrogen (secondary N) is 1. The third kappa shape index (κ3) is 3.77. The molecule has 12 heteroatoms. The van der Waals surface area contributed by atoms with Gasteiger partial charge >= 0.3 is 6.18 Å². The quantitative estimate of drug-likeness (QED) is 0.467. The Morgan fingerprint density at radius 1 is 1.37 bits per heavy atom. The van der Waals surface area contributed by atoms with Crippen LogP contribution in [0, 0.1) is 0 Å². The van der Waals surface area contributed by atoms with Crippen LogP contribution < -0.4 is 5.32 Å². The van der Waals surface area contributed by atoms with Crippen molar-refractivity contribution in [3.05, 3.63) is 53.3 Å². The molecule has 4 N–H and O–H groups in total. The summed E-state index contributed by atoms with van der Waals surface area (Å²) >= 11 is 0. The molecule has 0 spiro atoms. The van der Waals surface area contributed by atoms with E-state index < -0.39 is 36.0 Å². The minimum atomic E-state index is -4.53. The van der Waals surface area contributed by atoms with Gasteiger partial charge < -0.3 is 10.4 Å². The van der Waals surface area contributed by atoms with Crippen molar-refractivity contribution in [3.63, 3.8) is 0 Å². The number of alkyl halides is 3. The molecule has 0 saturated carbocycles. The Morgan fingerprint density at radius 2 is 2.11 bits per heavy atom. The van der Waals surface area contributed by atoms with Gasteiger partial charge in [0.15, 0.2) is 5.70 Å². The van der Waals surface area contributed by atoms with Gasteiger partial charge in [0, 0.05) is 6.42 Å². The van der Waals surface area contributed by atoms with Crippen molar-refractivity contribution in [2.75, 3.05) is 6.67 Å². The third-order valence-corrected chi connectivity index (χ3v) is 3.98. The Kier molecular flexibility index (Phi) is 4.87. The molecule has 3 rings (SSSR count). The van der Waals surface area contributed by atoms with E-state index >= 15 is 0 Å². The molecule has 27 heavy (non-hydrogen) atoms. The van der Waals surface area contributed by atoms with Crippen LogP contribution in [0.2, 0.25) is 0 Å². The number of allylic oxidation sites excluding steroid dienone is 1. The molecule has 9 nitrogen and oxygen atoms in total. The van der Waals surface area contributed by atoms with Crippen LogP contribution in [0.3, 0.4) is 0 Å². The van der Waals surface area contributed by atoms with Crippen LogP contribution >= 0.6 is 0 Å². The monoisotopic (exact) mass is 385 g/mol. The van der Waals surface area contributed by atoms with Crippen LogP contribution in [0.1, 0.15) is 29.3 Å². The second-order valence-electron chi connectivity index (χ2n) is 5.74. The number of aromatic nitrogens is 3. The first kappa shape index (κ1) is 18.8. The summed E-state index contributed by atoms with van der Waals surface area (Å²) in [5.41, 5.74) is -0.890. The van der Waals surface area contributed by atoms with Crippen LogP contribution in [-0.2, 0) is 11.0 Å². The summed E-state index contributed by atoms with van der Waals surface area (Å²) in [6.45, 7) is -0.642. The lowest BCUT2D eigenvalue weighted by Gasteiger charge is -2.25. The number of hydroxylamine groups is 2. The molecule has 0 radical (unpaired) electrons. The highest BCUT2D eigenvalue weighted by molar-refractivity contribution is 6.14. The molecule has 1 aliphatic heterocycles. The van der Waals surface area contributed by atoms with Gasteiger partial charge in [-0.2, -0.15) is 18.3 Å². The third-order valence-electron chi connectivity index (χ3n) is 3.98. The highest BCUT2D eigenvalue weighted by atomic mass is 19.4. The van der Waals surface area contributed by atoms with Crippen molar-refractivity contribution in [3.8, 4) is 0 Å². The second-order valence-corrected chi connectivity index (χ2v) is 5.74. The zero-order valence-corrected chi connectivity index (χ0v) is 13.6. The molecule has 2 aromatic rings. The predicted octanol–water partition coefficient (Wildman–Crippen LogP) is 1.71. The standard InChI is InChI=1S/C15H14F3N5O4/c16-15(17,18)9-3-1-2-8(4-9)10-5-11(24)12(14(25)20-7-22(26)27)23-13(10)19-6-21-23/h1-4,6,10,24,26-27H,5,7H2,(H,20,25). The van der Waals surface area contributed by atoms with E-state index in [0.29, 0.717) is 0 Å². The number of carbonyl (C=O) groups is 1. The number of halogens is 3. The van der Waals surface area contributed by atoms with Crippen molar-refractivity contribution >= 4 is 11.6 Å². The molecule has 1 aliphatic rings. The molecular weight excluding hydrogens is 371 g/mol. The SMILES string of the molecule is O=C(NCN(O)O)C1=C(O)CC(c2cccc(C(F)(F)F)c2)c2ncnn21. The highest BCUT2D eigenvalue weighted by Crippen LogP contribution is 2.38. The van der Waals surface area contributed by atoms with E-state index in [0.717, 1.165) is 23.1 Å². The summed E-state index contributed by atoms with van der Waals surface area (Å²) in [7, 11) is 0. The Morgan fingerprint density at radius 3 is 2.78 bits per heavy atom. The summed E-state index contributed by atoms with van der Waals surface area (Å²) in [6, 6.07) is 4.60. The maximum Gasteiger partial charge on any atom is 0.416 e. The van der Waals surface area contributed by atoms with Crippen molar-refractivity contribution in [2.45, 2.75) is 18.5 Å². The molecular formula is C15H14F3N5O4. The molecule has 0 aliphatic carbocycles. The lowest BCUT2D eigenvalue weighted by atomic mass is 9.90. The van der Waals surface area contributed by atoms with Gasteiger partial charge in [0.05, 0.1) is 11.5 Å². The fourth-order valence-electron chi connectivity index (χ4n) is 2.82. The van der Waals surface area contributed by atoms with Crippen LogP contribution in [0.25, 0.3) is 5.70 Å². The lowest BCUT2D eigenvalue weighted by molar-refractivity contribution is -0.309. The normalized spacial score (nSPS) is 17.2. The average molecular weight is 385 g/mol. The van der Waals surface area contributed by atoms with Gasteiger partial charge in [-0.05, 0) is 11.6 Å². The van der Waals surface area contributed by atoms with E-state index in [1.165, 1.54) is 12.1 Å². The fourth-order valence-corrected chi connectivity index (χ4v) is 2.82. The van der Waals surface area contributed by atoms with Crippen LogP contribution in [0.4, 0.5) is 13.2 Å². The number of fused-ring (bicyclic) bond motifs is 1. The van der Waals surface area contributed by atoms with Crippen molar-refractivity contribution in [1.82, 2.24) is 25.3 Å². The largest absolute Gasteiger partial charge is 0.510 e. The van der Waals surface area contributed by atoms with E-state index in [4.69, 9.17) is 10.4 Å². The Labute approximate surface area is 149 Å². The summed E-state index contributed by atoms with van der Waals surface area (Å²) in [5.74, 6) is -1.87. The fraction of sp³-hybridized carbons (Fsp3) is 0.267. The number of rotatable bonds is 4. The van der Waals surface area contributed by atoms with Gasteiger partial charge in [-0.3, -0.25) is 15.2 Å². The molecule has 2 heterocycles. The molecule has 1 aromatic heterocycles. The summed E-state index contributed by atoms with van der Waals surface area (Å²) < 4.78 is 39.9. The Balaban J connectivity index is 1.97. The van der Waals surface area contributed by atoms with Crippen molar-refractivity contribution in [2.24, 2.45) is 0 Å². The van der Waals surface area contributed by atoms with Crippen molar-refractivity contribution in [1.29, 1.82) is 0 Å². The van der Waals surface area contributed by atoms with Gasteiger partial charge in [0.1, 0.15) is 24.6 Å². The van der Waals surface area contributed by atoms with E-state index in [1.54, 1.807) is 0 Å². The Bertz CT molecular complexity index is 894. The highest BCUT2D eigenvalue weighted by Gasteiger charge is 2.35. The summed E-state index contributed by atoms with van der Waals surface area (Å²) in [4.78, 5) is 16.2. The zero-order chi connectivity index (χ0) is 19.8. The first-order chi connectivity index (χ1) is 12.7. The van der Waals surface area contributed by atoms with Crippen LogP contribution in [0.5, 0.6) is 0 Å². The molecule has 1 unspecified atom stereocenters. The molecule has 0 bridgehead atoms. The second kappa shape index (κ2) is 6.98. The maximum absolute atomic E-state index is 13.0. The zero-order valence-electron chi connectivity index (χ0n) is 13.6. The number of aliphatic hydroxyl groups excluding tert-OH is 1. The predicted molar refractivity (Wildman–Crippen MR) is 82.2 cm³/mol. The number of hydrogen-bond donors (Lipinski definition) is 4. The number of carbonyl (C=O) groups excluding carboxylic acids is 1. The summed E-state index contributed by atoms with van der Waals surface area (Å²) in [6.07, 6.45) is -3.60. The molecule has 0 saturated heterocycles. The number of amides is 1. The number of aliphatic hydroxyl groups is 1. The molecule has 144 valence electrons. The van der Waals surface area contributed by atoms with Gasteiger partial charge in [-0.15, -0.1) is 0 Å². The smallest absolute Gasteiger partial charge is 0.416 e. The molecule has 0 fully saturated rings. The van der Waals surface area contributed by atoms with Crippen LogP contribution in [-0.4, -0.2) is 48.1 Å². The number of hydrogen-bond acceptors (Lipinski definition) is 7. The van der Waals surface area contributed by atoms with E-state index in [9.17, 15) is 23.1 Å². The van der Waals surface area contributed by atoms with Gasteiger partial charge in [0.2, 0.25) is 0 Å². The van der Waals surface area contributed by atoms with Crippen molar-refractivity contribution < 1.29 is 33.5 Å². The van der Waals surface area contributed by atoms with E-state index in [-0.39, 0.29) is 28.7 Å². The van der Waals surface area contributed by atoms with Gasteiger partial charge in [-0.1, -0.05) is 23.4 Å². The Hall–Kier alpha value is -2.96. The average Bonchev–Trinajstić information content (AvgIpc) is 3.07. The first-order valence-electron chi connectivity index (χ1n) is 7.61. The molecule has 1 amide bonds. The van der Waals surface area contributed by atoms with Gasteiger partial charge in [-0.25, -0.2) is 9.67 Å².